The van der Waals surface area contributed by atoms with E-state index in [-0.39, 0.29) is 17.9 Å². The van der Waals surface area contributed by atoms with Crippen LogP contribution in [0.1, 0.15) is 17.9 Å². The number of rotatable bonds is 2. The van der Waals surface area contributed by atoms with Gasteiger partial charge in [0.1, 0.15) is 0 Å². The fraction of sp³-hybridized carbons (Fsp3) is 0.467. The van der Waals surface area contributed by atoms with Gasteiger partial charge in [-0.25, -0.2) is 4.79 Å². The molecular weight excluding hydrogens is 350 g/mol. The Morgan fingerprint density at radius 2 is 2.23 bits per heavy atom. The number of piperidine rings is 1. The number of benzene rings is 1. The predicted octanol–water partition coefficient (Wildman–Crippen LogP) is 1.85. The van der Waals surface area contributed by atoms with Gasteiger partial charge >= 0.3 is 6.09 Å². The molecule has 1 fully saturated rings. The molecule has 7 heteroatoms. The predicted molar refractivity (Wildman–Crippen MR) is 86.3 cm³/mol. The average molecular weight is 368 g/mol. The van der Waals surface area contributed by atoms with Gasteiger partial charge in [-0.15, -0.1) is 0 Å². The van der Waals surface area contributed by atoms with Crippen LogP contribution in [0.2, 0.25) is 0 Å². The summed E-state index contributed by atoms with van der Waals surface area (Å²) in [5, 5.41) is 11.9. The number of halogens is 1. The molecule has 1 aromatic carbocycles. The van der Waals surface area contributed by atoms with Gasteiger partial charge in [0, 0.05) is 36.6 Å². The molecule has 2 N–H and O–H groups in total. The molecule has 0 saturated carbocycles. The highest BCUT2D eigenvalue weighted by atomic mass is 79.9. The van der Waals surface area contributed by atoms with Crippen molar-refractivity contribution < 1.29 is 14.7 Å². The lowest BCUT2D eigenvalue weighted by Gasteiger charge is -2.37. The molecule has 0 aliphatic carbocycles. The number of anilines is 1. The largest absolute Gasteiger partial charge is 0.465 e. The van der Waals surface area contributed by atoms with Crippen LogP contribution in [-0.2, 0) is 4.79 Å². The lowest BCUT2D eigenvalue weighted by atomic mass is 9.89. The maximum Gasteiger partial charge on any atom is 0.407 e. The number of amides is 2. The zero-order valence-electron chi connectivity index (χ0n) is 12.3. The third-order valence-corrected chi connectivity index (χ3v) is 5.18. The van der Waals surface area contributed by atoms with Crippen LogP contribution in [0.5, 0.6) is 0 Å². The van der Waals surface area contributed by atoms with Gasteiger partial charge in [0.25, 0.3) is 0 Å². The van der Waals surface area contributed by atoms with E-state index in [1.54, 1.807) is 7.05 Å². The minimum Gasteiger partial charge on any atom is -0.465 e. The summed E-state index contributed by atoms with van der Waals surface area (Å²) >= 11 is 3.57. The van der Waals surface area contributed by atoms with E-state index < -0.39 is 6.09 Å². The first kappa shape index (κ1) is 15.1. The molecule has 0 radical (unpaired) electrons. The summed E-state index contributed by atoms with van der Waals surface area (Å²) in [6, 6.07) is 6.12. The van der Waals surface area contributed by atoms with Crippen LogP contribution in [0.3, 0.4) is 0 Å². The standard InChI is InChI=1S/C15H18BrN3O3/c1-17-13(20)8-19-12-5-6-18(15(21)22)7-10(12)9-3-2-4-11(16)14(9)19/h2-4,10,12H,5-8H2,1H3,(H,17,20)(H,21,22)/t10-,12-/m0/s1. The molecule has 6 nitrogen and oxygen atoms in total. The summed E-state index contributed by atoms with van der Waals surface area (Å²) in [7, 11) is 1.63. The monoisotopic (exact) mass is 367 g/mol. The van der Waals surface area contributed by atoms with Crippen molar-refractivity contribution in [2.75, 3.05) is 31.6 Å². The number of hydrogen-bond donors (Lipinski definition) is 2. The van der Waals surface area contributed by atoms with E-state index in [0.717, 1.165) is 22.1 Å². The number of carboxylic acid groups (broad SMARTS) is 1. The van der Waals surface area contributed by atoms with Crippen molar-refractivity contribution >= 4 is 33.6 Å². The van der Waals surface area contributed by atoms with E-state index in [2.05, 4.69) is 26.1 Å². The lowest BCUT2D eigenvalue weighted by molar-refractivity contribution is -0.119. The van der Waals surface area contributed by atoms with Crippen LogP contribution in [-0.4, -0.2) is 54.7 Å². The quantitative estimate of drug-likeness (QED) is 0.836. The topological polar surface area (TPSA) is 72.9 Å². The zero-order chi connectivity index (χ0) is 15.9. The molecule has 2 aliphatic heterocycles. The smallest absolute Gasteiger partial charge is 0.407 e. The molecule has 1 saturated heterocycles. The van der Waals surface area contributed by atoms with Gasteiger partial charge in [-0.1, -0.05) is 12.1 Å². The highest BCUT2D eigenvalue weighted by Gasteiger charge is 2.44. The molecule has 0 spiro atoms. The molecule has 0 aromatic heterocycles. The molecule has 22 heavy (non-hydrogen) atoms. The first-order valence-electron chi connectivity index (χ1n) is 7.26. The highest BCUT2D eigenvalue weighted by molar-refractivity contribution is 9.10. The number of carbonyl (C=O) groups excluding carboxylic acids is 1. The van der Waals surface area contributed by atoms with Crippen molar-refractivity contribution in [3.05, 3.63) is 28.2 Å². The maximum atomic E-state index is 11.9. The second-order valence-electron chi connectivity index (χ2n) is 5.67. The van der Waals surface area contributed by atoms with E-state index >= 15 is 0 Å². The van der Waals surface area contributed by atoms with Crippen molar-refractivity contribution in [3.63, 3.8) is 0 Å². The third kappa shape index (κ3) is 2.43. The van der Waals surface area contributed by atoms with E-state index in [1.807, 2.05) is 18.2 Å². The number of likely N-dealkylation sites (N-methyl/N-ethyl adjacent to an activating group) is 1. The van der Waals surface area contributed by atoms with Gasteiger partial charge in [-0.3, -0.25) is 4.79 Å². The Hall–Kier alpha value is -1.76. The normalized spacial score (nSPS) is 23.0. The average Bonchev–Trinajstić information content (AvgIpc) is 2.82. The molecule has 1 aromatic rings. The Morgan fingerprint density at radius 3 is 2.91 bits per heavy atom. The molecule has 2 heterocycles. The minimum atomic E-state index is -0.875. The summed E-state index contributed by atoms with van der Waals surface area (Å²) in [5.74, 6) is 0.0741. The Labute approximate surface area is 137 Å². The van der Waals surface area contributed by atoms with Crippen LogP contribution in [0, 0.1) is 0 Å². The van der Waals surface area contributed by atoms with Crippen LogP contribution in [0.15, 0.2) is 22.7 Å². The Morgan fingerprint density at radius 1 is 1.45 bits per heavy atom. The van der Waals surface area contributed by atoms with Gasteiger partial charge in [-0.2, -0.15) is 0 Å². The molecule has 3 rings (SSSR count). The highest BCUT2D eigenvalue weighted by Crippen LogP contribution is 2.47. The van der Waals surface area contributed by atoms with E-state index in [0.29, 0.717) is 19.6 Å². The minimum absolute atomic E-state index is 0.0389. The van der Waals surface area contributed by atoms with Crippen LogP contribution >= 0.6 is 15.9 Å². The van der Waals surface area contributed by atoms with Crippen LogP contribution in [0.4, 0.5) is 10.5 Å². The number of likely N-dealkylation sites (tertiary alicyclic amines) is 1. The summed E-state index contributed by atoms with van der Waals surface area (Å²) in [6.45, 7) is 1.28. The number of carbonyl (C=O) groups is 2. The molecular formula is C15H18BrN3O3. The van der Waals surface area contributed by atoms with E-state index in [1.165, 1.54) is 4.90 Å². The van der Waals surface area contributed by atoms with Gasteiger partial charge in [-0.05, 0) is 34.0 Å². The van der Waals surface area contributed by atoms with Crippen molar-refractivity contribution in [3.8, 4) is 0 Å². The molecule has 0 unspecified atom stereocenters. The fourth-order valence-corrected chi connectivity index (χ4v) is 4.13. The molecule has 2 aliphatic rings. The van der Waals surface area contributed by atoms with Gasteiger partial charge < -0.3 is 20.2 Å². The number of fused-ring (bicyclic) bond motifs is 3. The van der Waals surface area contributed by atoms with Crippen molar-refractivity contribution in [1.82, 2.24) is 10.2 Å². The SMILES string of the molecule is CNC(=O)CN1c2c(Br)cccc2[C@@H]2CN(C(=O)O)CC[C@@H]21. The first-order chi connectivity index (χ1) is 10.5. The Kier molecular flexibility index (Phi) is 3.99. The molecule has 118 valence electrons. The van der Waals surface area contributed by atoms with Gasteiger partial charge in [0.2, 0.25) is 5.91 Å². The van der Waals surface area contributed by atoms with Crippen molar-refractivity contribution in [1.29, 1.82) is 0 Å². The van der Waals surface area contributed by atoms with Gasteiger partial charge in [0.05, 0.1) is 12.2 Å². The zero-order valence-corrected chi connectivity index (χ0v) is 13.8. The maximum absolute atomic E-state index is 11.9. The molecule has 0 bridgehead atoms. The number of nitrogens with one attached hydrogen (secondary N) is 1. The van der Waals surface area contributed by atoms with Gasteiger partial charge in [0.15, 0.2) is 0 Å². The second-order valence-corrected chi connectivity index (χ2v) is 6.52. The summed E-state index contributed by atoms with van der Waals surface area (Å²) in [4.78, 5) is 26.7. The number of hydrogen-bond acceptors (Lipinski definition) is 3. The van der Waals surface area contributed by atoms with E-state index in [4.69, 9.17) is 0 Å². The number of para-hydroxylation sites is 1. The summed E-state index contributed by atoms with van der Waals surface area (Å²) in [5.41, 5.74) is 2.14. The third-order valence-electron chi connectivity index (χ3n) is 4.54. The van der Waals surface area contributed by atoms with Crippen molar-refractivity contribution in [2.45, 2.75) is 18.4 Å². The van der Waals surface area contributed by atoms with E-state index in [9.17, 15) is 14.7 Å². The molecule has 2 atom stereocenters. The Balaban J connectivity index is 1.97. The van der Waals surface area contributed by atoms with Crippen molar-refractivity contribution in [2.24, 2.45) is 0 Å². The Bertz CT molecular complexity index is 622. The van der Waals surface area contributed by atoms with Crippen LogP contribution in [0.25, 0.3) is 0 Å². The summed E-state index contributed by atoms with van der Waals surface area (Å²) < 4.78 is 0.949. The fourth-order valence-electron chi connectivity index (χ4n) is 3.52. The summed E-state index contributed by atoms with van der Waals surface area (Å²) in [6.07, 6.45) is -0.144. The lowest BCUT2D eigenvalue weighted by Crippen LogP contribution is -2.49. The number of nitrogens with zero attached hydrogens (tertiary/aromatic N) is 2. The molecule has 2 amide bonds. The second kappa shape index (κ2) is 5.79. The first-order valence-corrected chi connectivity index (χ1v) is 8.05. The van der Waals surface area contributed by atoms with Crippen LogP contribution < -0.4 is 10.2 Å².